The first-order valence-electron chi connectivity index (χ1n) is 6.36. The molecule has 0 aliphatic rings. The number of carbonyl (C=O) groups excluding carboxylic acids is 1. The highest BCUT2D eigenvalue weighted by Crippen LogP contribution is 2.26. The summed E-state index contributed by atoms with van der Waals surface area (Å²) in [4.78, 5) is 15.9. The summed E-state index contributed by atoms with van der Waals surface area (Å²) in [5, 5.41) is 0. The van der Waals surface area contributed by atoms with Crippen LogP contribution < -0.4 is 0 Å². The summed E-state index contributed by atoms with van der Waals surface area (Å²) >= 11 is 0. The minimum Gasteiger partial charge on any atom is -0.465 e. The van der Waals surface area contributed by atoms with Gasteiger partial charge in [0.05, 0.1) is 24.7 Å². The van der Waals surface area contributed by atoms with Gasteiger partial charge in [-0.15, -0.1) is 0 Å². The molecule has 0 bridgehead atoms. The molecule has 0 saturated heterocycles. The zero-order valence-corrected chi connectivity index (χ0v) is 12.0. The van der Waals surface area contributed by atoms with Gasteiger partial charge < -0.3 is 9.30 Å². The van der Waals surface area contributed by atoms with Gasteiger partial charge in [0.25, 0.3) is 0 Å². The Bertz CT molecular complexity index is 647. The van der Waals surface area contributed by atoms with Gasteiger partial charge in [-0.3, -0.25) is 0 Å². The Morgan fingerprint density at radius 3 is 2.65 bits per heavy atom. The summed E-state index contributed by atoms with van der Waals surface area (Å²) in [7, 11) is 1.23. The van der Waals surface area contributed by atoms with Crippen LogP contribution in [0.1, 0.15) is 35.8 Å². The van der Waals surface area contributed by atoms with Crippen LogP contribution in [0.5, 0.6) is 0 Å². The molecule has 2 rings (SSSR count). The molecule has 0 spiro atoms. The van der Waals surface area contributed by atoms with Crippen molar-refractivity contribution >= 4 is 5.97 Å². The van der Waals surface area contributed by atoms with Crippen LogP contribution in [0.2, 0.25) is 0 Å². The van der Waals surface area contributed by atoms with Crippen LogP contribution in [0.3, 0.4) is 0 Å². The van der Waals surface area contributed by atoms with Crippen LogP contribution in [0.25, 0.3) is 11.3 Å². The van der Waals surface area contributed by atoms with Crippen LogP contribution in [0.4, 0.5) is 4.39 Å². The minimum atomic E-state index is -0.688. The number of hydrogen-bond acceptors (Lipinski definition) is 3. The van der Waals surface area contributed by atoms with Crippen LogP contribution in [0.15, 0.2) is 24.7 Å². The lowest BCUT2D eigenvalue weighted by atomic mass is 10.0. The minimum absolute atomic E-state index is 0.0767. The number of ether oxygens (including phenoxy) is 1. The molecule has 0 fully saturated rings. The predicted octanol–water partition coefficient (Wildman–Crippen LogP) is 3.37. The molecule has 2 aromatic rings. The maximum atomic E-state index is 13.8. The fourth-order valence-electron chi connectivity index (χ4n) is 1.97. The van der Waals surface area contributed by atoms with E-state index in [0.717, 1.165) is 11.1 Å². The fourth-order valence-corrected chi connectivity index (χ4v) is 1.97. The van der Waals surface area contributed by atoms with Gasteiger partial charge in [0, 0.05) is 17.8 Å². The average molecular weight is 276 g/mol. The summed E-state index contributed by atoms with van der Waals surface area (Å²) in [6.07, 6.45) is 3.60. The molecule has 0 aliphatic heterocycles. The molecule has 106 valence electrons. The van der Waals surface area contributed by atoms with E-state index < -0.39 is 11.8 Å². The van der Waals surface area contributed by atoms with Crippen molar-refractivity contribution in [3.05, 3.63) is 41.6 Å². The molecule has 0 N–H and O–H groups in total. The van der Waals surface area contributed by atoms with E-state index in [0.29, 0.717) is 5.69 Å². The Morgan fingerprint density at radius 2 is 2.10 bits per heavy atom. The molecular formula is C15H17FN2O2. The number of hydrogen-bond donors (Lipinski definition) is 0. The predicted molar refractivity (Wildman–Crippen MR) is 74.1 cm³/mol. The van der Waals surface area contributed by atoms with E-state index in [9.17, 15) is 9.18 Å². The number of aromatic nitrogens is 2. The van der Waals surface area contributed by atoms with E-state index >= 15 is 0 Å². The highest BCUT2D eigenvalue weighted by atomic mass is 19.1. The molecule has 5 heteroatoms. The second kappa shape index (κ2) is 5.45. The van der Waals surface area contributed by atoms with Crippen molar-refractivity contribution in [3.63, 3.8) is 0 Å². The summed E-state index contributed by atoms with van der Waals surface area (Å²) in [5.74, 6) is -1.27. The zero-order chi connectivity index (χ0) is 14.9. The van der Waals surface area contributed by atoms with Gasteiger partial charge in [0.1, 0.15) is 5.82 Å². The Balaban J connectivity index is 2.52. The molecule has 1 aromatic heterocycles. The normalized spacial score (nSPS) is 10.9. The van der Waals surface area contributed by atoms with Gasteiger partial charge in [-0.2, -0.15) is 0 Å². The highest BCUT2D eigenvalue weighted by molar-refractivity contribution is 5.91. The van der Waals surface area contributed by atoms with Crippen LogP contribution in [0, 0.1) is 12.7 Å². The van der Waals surface area contributed by atoms with Gasteiger partial charge >= 0.3 is 5.97 Å². The first-order chi connectivity index (χ1) is 9.43. The molecule has 0 atom stereocenters. The van der Waals surface area contributed by atoms with Gasteiger partial charge in [-0.05, 0) is 38.5 Å². The van der Waals surface area contributed by atoms with Gasteiger partial charge in [-0.25, -0.2) is 14.2 Å². The lowest BCUT2D eigenvalue weighted by Crippen LogP contribution is -2.05. The Kier molecular flexibility index (Phi) is 3.88. The van der Waals surface area contributed by atoms with Crippen molar-refractivity contribution in [1.82, 2.24) is 9.55 Å². The van der Waals surface area contributed by atoms with E-state index in [2.05, 4.69) is 9.72 Å². The van der Waals surface area contributed by atoms with Gasteiger partial charge in [-0.1, -0.05) is 0 Å². The lowest BCUT2D eigenvalue weighted by Gasteiger charge is -2.08. The van der Waals surface area contributed by atoms with Crippen molar-refractivity contribution in [1.29, 1.82) is 0 Å². The Labute approximate surface area is 117 Å². The van der Waals surface area contributed by atoms with Gasteiger partial charge in [0.15, 0.2) is 0 Å². The molecule has 0 unspecified atom stereocenters. The number of halogens is 1. The van der Waals surface area contributed by atoms with Crippen molar-refractivity contribution in [2.75, 3.05) is 7.11 Å². The molecule has 4 nitrogen and oxygen atoms in total. The number of carbonyl (C=O) groups is 1. The van der Waals surface area contributed by atoms with Crippen LogP contribution in [-0.4, -0.2) is 22.6 Å². The third-order valence-electron chi connectivity index (χ3n) is 3.19. The van der Waals surface area contributed by atoms with Crippen molar-refractivity contribution in [2.24, 2.45) is 0 Å². The lowest BCUT2D eigenvalue weighted by molar-refractivity contribution is 0.0595. The number of esters is 1. The van der Waals surface area contributed by atoms with Crippen LogP contribution in [-0.2, 0) is 4.74 Å². The van der Waals surface area contributed by atoms with Crippen LogP contribution >= 0.6 is 0 Å². The highest BCUT2D eigenvalue weighted by Gasteiger charge is 2.17. The zero-order valence-electron chi connectivity index (χ0n) is 12.0. The number of nitrogens with zero attached hydrogens (tertiary/aromatic N) is 2. The Morgan fingerprint density at radius 1 is 1.40 bits per heavy atom. The molecule has 1 aromatic carbocycles. The summed E-state index contributed by atoms with van der Waals surface area (Å²) < 4.78 is 20.3. The molecular weight excluding hydrogens is 259 g/mol. The molecule has 0 radical (unpaired) electrons. The second-order valence-electron chi connectivity index (χ2n) is 4.94. The Hall–Kier alpha value is -2.17. The van der Waals surface area contributed by atoms with Crippen molar-refractivity contribution in [3.8, 4) is 11.3 Å². The maximum absolute atomic E-state index is 13.8. The van der Waals surface area contributed by atoms with E-state index in [-0.39, 0.29) is 11.6 Å². The fraction of sp³-hybridized carbons (Fsp3) is 0.333. The quantitative estimate of drug-likeness (QED) is 0.807. The smallest absolute Gasteiger partial charge is 0.340 e. The first-order valence-corrected chi connectivity index (χ1v) is 6.36. The number of benzene rings is 1. The SMILES string of the molecule is COC(=O)c1cc(-c2cn(C(C)C)cn2)c(C)cc1F. The number of imidazole rings is 1. The average Bonchev–Trinajstić information content (AvgIpc) is 2.87. The number of methoxy groups -OCH3 is 1. The van der Waals surface area contributed by atoms with Crippen molar-refractivity contribution in [2.45, 2.75) is 26.8 Å². The third-order valence-corrected chi connectivity index (χ3v) is 3.19. The topological polar surface area (TPSA) is 44.1 Å². The van der Waals surface area contributed by atoms with E-state index in [1.165, 1.54) is 19.2 Å². The largest absolute Gasteiger partial charge is 0.465 e. The number of rotatable bonds is 3. The van der Waals surface area contributed by atoms with Gasteiger partial charge in [0.2, 0.25) is 0 Å². The maximum Gasteiger partial charge on any atom is 0.340 e. The third kappa shape index (κ3) is 2.57. The number of aryl methyl sites for hydroxylation is 1. The van der Waals surface area contributed by atoms with Crippen molar-refractivity contribution < 1.29 is 13.9 Å². The summed E-state index contributed by atoms with van der Waals surface area (Å²) in [5.41, 5.74) is 2.09. The molecule has 20 heavy (non-hydrogen) atoms. The first kappa shape index (κ1) is 14.2. The molecule has 0 aliphatic carbocycles. The molecule has 0 saturated carbocycles. The standard InChI is InChI=1S/C15H17FN2O2/c1-9(2)18-7-14(17-8-18)11-6-12(15(19)20-4)13(16)5-10(11)3/h5-9H,1-4H3. The van der Waals surface area contributed by atoms with E-state index in [1.54, 1.807) is 13.3 Å². The summed E-state index contributed by atoms with van der Waals surface area (Å²) in [6, 6.07) is 3.11. The van der Waals surface area contributed by atoms with E-state index in [1.807, 2.05) is 24.6 Å². The molecule has 1 heterocycles. The second-order valence-corrected chi connectivity index (χ2v) is 4.94. The summed E-state index contributed by atoms with van der Waals surface area (Å²) in [6.45, 7) is 5.87. The monoisotopic (exact) mass is 276 g/mol. The molecule has 0 amide bonds. The van der Waals surface area contributed by atoms with E-state index in [4.69, 9.17) is 0 Å².